The van der Waals surface area contributed by atoms with Gasteiger partial charge in [-0.1, -0.05) is 24.3 Å². The van der Waals surface area contributed by atoms with Gasteiger partial charge in [0, 0.05) is 30.6 Å². The summed E-state index contributed by atoms with van der Waals surface area (Å²) in [4.78, 5) is 6.89. The number of likely N-dealkylation sites (N-methyl/N-ethyl adjacent to an activating group) is 1. The molecule has 0 radical (unpaired) electrons. The van der Waals surface area contributed by atoms with Crippen molar-refractivity contribution < 1.29 is 0 Å². The molecule has 0 bridgehead atoms. The molecular formula is C16H21N3. The number of hydrogen-bond acceptors (Lipinski definition) is 3. The third-order valence-corrected chi connectivity index (χ3v) is 3.31. The van der Waals surface area contributed by atoms with Crippen molar-refractivity contribution in [2.24, 2.45) is 5.73 Å². The van der Waals surface area contributed by atoms with Gasteiger partial charge in [-0.15, -0.1) is 6.58 Å². The van der Waals surface area contributed by atoms with Crippen LogP contribution in [0.25, 0.3) is 10.9 Å². The Morgan fingerprint density at radius 2 is 2.21 bits per heavy atom. The van der Waals surface area contributed by atoms with E-state index in [9.17, 15) is 0 Å². The number of pyridine rings is 1. The van der Waals surface area contributed by atoms with Crippen LogP contribution in [0.5, 0.6) is 0 Å². The van der Waals surface area contributed by atoms with E-state index in [1.54, 1.807) is 0 Å². The third-order valence-electron chi connectivity index (χ3n) is 3.31. The molecule has 0 spiro atoms. The second-order valence-corrected chi connectivity index (χ2v) is 5.01. The molecule has 0 unspecified atom stereocenters. The molecule has 1 heterocycles. The zero-order valence-corrected chi connectivity index (χ0v) is 11.9. The lowest BCUT2D eigenvalue weighted by Gasteiger charge is -2.22. The quantitative estimate of drug-likeness (QED) is 0.853. The number of para-hydroxylation sites is 1. The molecule has 3 heteroatoms. The average Bonchev–Trinajstić information content (AvgIpc) is 2.38. The van der Waals surface area contributed by atoms with E-state index in [1.807, 2.05) is 20.0 Å². The first kappa shape index (κ1) is 13.6. The molecule has 0 aliphatic carbocycles. The van der Waals surface area contributed by atoms with Gasteiger partial charge in [-0.25, -0.2) is 4.98 Å². The van der Waals surface area contributed by atoms with E-state index < -0.39 is 0 Å². The van der Waals surface area contributed by atoms with Crippen LogP contribution in [0.4, 0.5) is 5.82 Å². The van der Waals surface area contributed by atoms with Crippen molar-refractivity contribution in [1.29, 1.82) is 0 Å². The number of rotatable bonds is 4. The molecule has 1 atom stereocenters. The zero-order valence-electron chi connectivity index (χ0n) is 11.9. The van der Waals surface area contributed by atoms with Gasteiger partial charge in [-0.3, -0.25) is 0 Å². The Morgan fingerprint density at radius 1 is 1.47 bits per heavy atom. The van der Waals surface area contributed by atoms with Crippen LogP contribution in [0.2, 0.25) is 0 Å². The molecule has 1 aromatic heterocycles. The first-order chi connectivity index (χ1) is 9.04. The molecule has 100 valence electrons. The number of nitrogens with zero attached hydrogens (tertiary/aromatic N) is 2. The summed E-state index contributed by atoms with van der Waals surface area (Å²) in [6.45, 7) is 8.61. The predicted octanol–water partition coefficient (Wildman–Crippen LogP) is 3.19. The smallest absolute Gasteiger partial charge is 0.134 e. The van der Waals surface area contributed by atoms with Crippen molar-refractivity contribution in [3.63, 3.8) is 0 Å². The molecule has 1 aromatic carbocycles. The molecule has 0 fully saturated rings. The predicted molar refractivity (Wildman–Crippen MR) is 82.5 cm³/mol. The fraction of sp³-hybridized carbons (Fsp3) is 0.312. The lowest BCUT2D eigenvalue weighted by Crippen LogP contribution is -2.22. The first-order valence-corrected chi connectivity index (χ1v) is 6.52. The Balaban J connectivity index is 2.68. The van der Waals surface area contributed by atoms with Crippen molar-refractivity contribution in [3.05, 3.63) is 48.0 Å². The minimum absolute atomic E-state index is 0.0420. The number of nitrogens with two attached hydrogens (primary N) is 1. The summed E-state index contributed by atoms with van der Waals surface area (Å²) in [6, 6.07) is 8.32. The average molecular weight is 255 g/mol. The highest BCUT2D eigenvalue weighted by Gasteiger charge is 2.14. The molecule has 0 saturated heterocycles. The van der Waals surface area contributed by atoms with Crippen LogP contribution in [-0.4, -0.2) is 18.6 Å². The minimum atomic E-state index is -0.0420. The number of fused-ring (bicyclic) bond motifs is 1. The number of aryl methyl sites for hydroxylation is 1. The van der Waals surface area contributed by atoms with Crippen molar-refractivity contribution >= 4 is 16.7 Å². The van der Waals surface area contributed by atoms with Crippen molar-refractivity contribution in [1.82, 2.24) is 4.98 Å². The van der Waals surface area contributed by atoms with Gasteiger partial charge in [-0.05, 0) is 25.5 Å². The van der Waals surface area contributed by atoms with Crippen molar-refractivity contribution in [2.75, 3.05) is 18.5 Å². The molecule has 2 N–H and O–H groups in total. The van der Waals surface area contributed by atoms with Gasteiger partial charge in [0.2, 0.25) is 0 Å². The second-order valence-electron chi connectivity index (χ2n) is 5.01. The van der Waals surface area contributed by atoms with Gasteiger partial charge in [0.15, 0.2) is 0 Å². The van der Waals surface area contributed by atoms with Crippen LogP contribution in [0.3, 0.4) is 0 Å². The van der Waals surface area contributed by atoms with Crippen LogP contribution in [-0.2, 0) is 0 Å². The lowest BCUT2D eigenvalue weighted by molar-refractivity contribution is 0.803. The van der Waals surface area contributed by atoms with Gasteiger partial charge >= 0.3 is 0 Å². The third kappa shape index (κ3) is 2.61. The summed E-state index contributed by atoms with van der Waals surface area (Å²) in [5.41, 5.74) is 9.38. The summed E-state index contributed by atoms with van der Waals surface area (Å²) in [6.07, 6.45) is 1.87. The Morgan fingerprint density at radius 3 is 2.84 bits per heavy atom. The maximum Gasteiger partial charge on any atom is 0.134 e. The molecular weight excluding hydrogens is 234 g/mol. The maximum atomic E-state index is 6.09. The number of hydrogen-bond donors (Lipinski definition) is 1. The summed E-state index contributed by atoms with van der Waals surface area (Å²) < 4.78 is 0. The summed E-state index contributed by atoms with van der Waals surface area (Å²) in [5, 5.41) is 1.14. The van der Waals surface area contributed by atoms with Gasteiger partial charge in [0.05, 0.1) is 5.52 Å². The molecule has 19 heavy (non-hydrogen) atoms. The van der Waals surface area contributed by atoms with Gasteiger partial charge in [0.1, 0.15) is 5.82 Å². The molecule has 2 aromatic rings. The first-order valence-electron chi connectivity index (χ1n) is 6.52. The Hall–Kier alpha value is -1.87. The lowest BCUT2D eigenvalue weighted by atomic mass is 10.0. The summed E-state index contributed by atoms with van der Waals surface area (Å²) >= 11 is 0. The van der Waals surface area contributed by atoms with Crippen LogP contribution in [0, 0.1) is 6.92 Å². The van der Waals surface area contributed by atoms with Gasteiger partial charge in [-0.2, -0.15) is 0 Å². The van der Waals surface area contributed by atoms with Gasteiger partial charge < -0.3 is 10.6 Å². The molecule has 2 rings (SSSR count). The molecule has 0 aliphatic heterocycles. The number of aromatic nitrogens is 1. The molecule has 0 amide bonds. The fourth-order valence-electron chi connectivity index (χ4n) is 2.27. The monoisotopic (exact) mass is 255 g/mol. The highest BCUT2D eigenvalue weighted by Crippen LogP contribution is 2.28. The van der Waals surface area contributed by atoms with E-state index >= 15 is 0 Å². The van der Waals surface area contributed by atoms with E-state index in [0.717, 1.165) is 28.8 Å². The molecule has 0 saturated carbocycles. The van der Waals surface area contributed by atoms with E-state index in [2.05, 4.69) is 42.7 Å². The van der Waals surface area contributed by atoms with E-state index in [0.29, 0.717) is 0 Å². The zero-order chi connectivity index (χ0) is 14.0. The van der Waals surface area contributed by atoms with Crippen LogP contribution in [0.1, 0.15) is 24.1 Å². The topological polar surface area (TPSA) is 42.2 Å². The minimum Gasteiger partial charge on any atom is -0.356 e. The molecule has 0 aliphatic rings. The van der Waals surface area contributed by atoms with Gasteiger partial charge in [0.25, 0.3) is 0 Å². The highest BCUT2D eigenvalue weighted by molar-refractivity contribution is 5.84. The van der Waals surface area contributed by atoms with Crippen molar-refractivity contribution in [3.8, 4) is 0 Å². The van der Waals surface area contributed by atoms with Crippen LogP contribution < -0.4 is 10.6 Å². The molecule has 3 nitrogen and oxygen atoms in total. The normalized spacial score (nSPS) is 12.4. The standard InChI is InChI=1S/C16H21N3/c1-5-9-19(4)16-14(12(3)17)10-13-8-6-7-11(2)15(13)18-16/h5-8,10,12H,1,9,17H2,2-4H3/t12-/m0/s1. The fourth-order valence-corrected chi connectivity index (χ4v) is 2.27. The summed E-state index contributed by atoms with van der Waals surface area (Å²) in [7, 11) is 2.01. The summed E-state index contributed by atoms with van der Waals surface area (Å²) in [5.74, 6) is 0.941. The SMILES string of the molecule is C=CCN(C)c1nc2c(C)cccc2cc1[C@H](C)N. The van der Waals surface area contributed by atoms with Crippen molar-refractivity contribution in [2.45, 2.75) is 19.9 Å². The Kier molecular flexibility index (Phi) is 3.86. The maximum absolute atomic E-state index is 6.09. The Bertz CT molecular complexity index is 602. The number of benzene rings is 1. The largest absolute Gasteiger partial charge is 0.356 e. The van der Waals surface area contributed by atoms with E-state index in [1.165, 1.54) is 5.56 Å². The highest BCUT2D eigenvalue weighted by atomic mass is 15.2. The van der Waals surface area contributed by atoms with E-state index in [-0.39, 0.29) is 6.04 Å². The van der Waals surface area contributed by atoms with Crippen LogP contribution in [0.15, 0.2) is 36.9 Å². The Labute approximate surface area is 114 Å². The second kappa shape index (κ2) is 5.41. The number of anilines is 1. The van der Waals surface area contributed by atoms with Crippen LogP contribution >= 0.6 is 0 Å². The van der Waals surface area contributed by atoms with E-state index in [4.69, 9.17) is 10.7 Å².